The number of pyridine rings is 2. The first-order valence-electron chi connectivity index (χ1n) is 7.13. The Balaban J connectivity index is 1.76. The summed E-state index contributed by atoms with van der Waals surface area (Å²) < 4.78 is 14.3. The molecule has 0 aliphatic rings. The van der Waals surface area contributed by atoms with E-state index in [-0.39, 0.29) is 0 Å². The first kappa shape index (κ1) is 14.5. The number of nitrogens with zero attached hydrogens (tertiary/aromatic N) is 5. The van der Waals surface area contributed by atoms with E-state index in [1.165, 1.54) is 11.3 Å². The highest BCUT2D eigenvalue weighted by molar-refractivity contribution is 7.18. The predicted octanol–water partition coefficient (Wildman–Crippen LogP) is 3.86. The first-order chi connectivity index (χ1) is 11.8. The van der Waals surface area contributed by atoms with Crippen LogP contribution < -0.4 is 0 Å². The molecule has 0 aliphatic heterocycles. The van der Waals surface area contributed by atoms with E-state index in [0.717, 1.165) is 5.56 Å². The van der Waals surface area contributed by atoms with Gasteiger partial charge in [-0.3, -0.25) is 4.98 Å². The van der Waals surface area contributed by atoms with Crippen LogP contribution >= 0.6 is 11.3 Å². The van der Waals surface area contributed by atoms with Crippen LogP contribution in [-0.2, 0) is 0 Å². The summed E-state index contributed by atoms with van der Waals surface area (Å²) in [5.41, 5.74) is 1.86. The third kappa shape index (κ3) is 2.77. The van der Waals surface area contributed by atoms with E-state index < -0.39 is 5.95 Å². The van der Waals surface area contributed by atoms with Crippen molar-refractivity contribution < 1.29 is 4.39 Å². The monoisotopic (exact) mass is 335 g/mol. The lowest BCUT2D eigenvalue weighted by Gasteiger charge is -2.01. The number of aromatic nitrogens is 5. The largest absolute Gasteiger partial charge is 0.264 e. The lowest BCUT2D eigenvalue weighted by atomic mass is 10.2. The second-order valence-corrected chi connectivity index (χ2v) is 5.86. The molecule has 4 aromatic heterocycles. The molecule has 7 heteroatoms. The molecule has 0 atom stereocenters. The summed E-state index contributed by atoms with van der Waals surface area (Å²) >= 11 is 1.24. The average molecular weight is 335 g/mol. The maximum Gasteiger partial charge on any atom is 0.233 e. The van der Waals surface area contributed by atoms with Gasteiger partial charge in [-0.1, -0.05) is 6.07 Å². The number of halogens is 1. The van der Waals surface area contributed by atoms with Crippen LogP contribution in [0.15, 0.2) is 61.2 Å². The van der Waals surface area contributed by atoms with E-state index in [9.17, 15) is 4.39 Å². The Morgan fingerprint density at radius 1 is 0.833 bits per heavy atom. The lowest BCUT2D eigenvalue weighted by Crippen LogP contribution is -1.92. The van der Waals surface area contributed by atoms with E-state index in [2.05, 4.69) is 24.9 Å². The third-order valence-corrected chi connectivity index (χ3v) is 4.37. The molecular weight excluding hydrogens is 325 g/mol. The third-order valence-electron chi connectivity index (χ3n) is 3.27. The minimum atomic E-state index is -0.544. The smallest absolute Gasteiger partial charge is 0.233 e. The zero-order valence-corrected chi connectivity index (χ0v) is 13.1. The minimum Gasteiger partial charge on any atom is -0.264 e. The molecule has 0 fully saturated rings. The highest BCUT2D eigenvalue weighted by Gasteiger charge is 2.16. The number of hydrogen-bond acceptors (Lipinski definition) is 6. The molecule has 4 aromatic rings. The van der Waals surface area contributed by atoms with Crippen LogP contribution in [-0.4, -0.2) is 24.9 Å². The topological polar surface area (TPSA) is 64.5 Å². The Labute approximate surface area is 141 Å². The molecule has 0 spiro atoms. The standard InChI is InChI=1S/C17H10FN5S/c18-15-14(24-17(23-15)11-4-2-7-19-10-11)12-5-1-6-13(22-12)16-20-8-3-9-21-16/h1-10H. The molecule has 0 aliphatic carbocycles. The quantitative estimate of drug-likeness (QED) is 0.569. The highest BCUT2D eigenvalue weighted by atomic mass is 32.1. The fourth-order valence-electron chi connectivity index (χ4n) is 2.19. The predicted molar refractivity (Wildman–Crippen MR) is 89.6 cm³/mol. The van der Waals surface area contributed by atoms with Crippen LogP contribution in [0.25, 0.3) is 32.7 Å². The first-order valence-corrected chi connectivity index (χ1v) is 7.94. The van der Waals surface area contributed by atoms with Crippen molar-refractivity contribution in [3.05, 3.63) is 67.1 Å². The summed E-state index contributed by atoms with van der Waals surface area (Å²) in [7, 11) is 0. The SMILES string of the molecule is Fc1nc(-c2cccnc2)sc1-c1cccc(-c2ncccn2)n1. The Bertz CT molecular complexity index is 973. The normalized spacial score (nSPS) is 10.7. The summed E-state index contributed by atoms with van der Waals surface area (Å²) in [5.74, 6) is -0.0470. The Morgan fingerprint density at radius 3 is 2.46 bits per heavy atom. The van der Waals surface area contributed by atoms with Crippen LogP contribution in [0.3, 0.4) is 0 Å². The summed E-state index contributed by atoms with van der Waals surface area (Å²) in [6.45, 7) is 0. The zero-order chi connectivity index (χ0) is 16.4. The van der Waals surface area contributed by atoms with Gasteiger partial charge < -0.3 is 0 Å². The number of thiazole rings is 1. The van der Waals surface area contributed by atoms with Gasteiger partial charge in [0.15, 0.2) is 5.82 Å². The van der Waals surface area contributed by atoms with Crippen LogP contribution in [0.2, 0.25) is 0 Å². The van der Waals surface area contributed by atoms with Crippen molar-refractivity contribution in [1.82, 2.24) is 24.9 Å². The summed E-state index contributed by atoms with van der Waals surface area (Å²) in [4.78, 5) is 21.2. The van der Waals surface area contributed by atoms with E-state index in [4.69, 9.17) is 0 Å². The Hall–Kier alpha value is -3.06. The second-order valence-electron chi connectivity index (χ2n) is 4.86. The van der Waals surface area contributed by atoms with Crippen molar-refractivity contribution in [2.75, 3.05) is 0 Å². The van der Waals surface area contributed by atoms with Crippen molar-refractivity contribution in [3.63, 3.8) is 0 Å². The molecule has 0 radical (unpaired) electrons. The lowest BCUT2D eigenvalue weighted by molar-refractivity contribution is 0.596. The molecule has 0 aromatic carbocycles. The van der Waals surface area contributed by atoms with Crippen molar-refractivity contribution in [3.8, 4) is 32.7 Å². The van der Waals surface area contributed by atoms with Crippen LogP contribution in [0.5, 0.6) is 0 Å². The molecule has 24 heavy (non-hydrogen) atoms. The van der Waals surface area contributed by atoms with Gasteiger partial charge in [-0.15, -0.1) is 11.3 Å². The molecule has 0 unspecified atom stereocenters. The van der Waals surface area contributed by atoms with E-state index >= 15 is 0 Å². The van der Waals surface area contributed by atoms with Gasteiger partial charge in [0.25, 0.3) is 0 Å². The van der Waals surface area contributed by atoms with Gasteiger partial charge in [0.2, 0.25) is 5.95 Å². The van der Waals surface area contributed by atoms with Crippen molar-refractivity contribution in [2.45, 2.75) is 0 Å². The number of hydrogen-bond donors (Lipinski definition) is 0. The molecule has 0 bridgehead atoms. The molecule has 0 saturated carbocycles. The summed E-state index contributed by atoms with van der Waals surface area (Å²) in [6, 6.07) is 10.7. The number of rotatable bonds is 3. The fourth-order valence-corrected chi connectivity index (χ4v) is 3.10. The second kappa shape index (κ2) is 6.21. The Kier molecular flexibility index (Phi) is 3.76. The van der Waals surface area contributed by atoms with E-state index in [0.29, 0.717) is 27.1 Å². The summed E-state index contributed by atoms with van der Waals surface area (Å²) in [6.07, 6.45) is 6.61. The van der Waals surface area contributed by atoms with Gasteiger partial charge in [0, 0.05) is 30.4 Å². The molecule has 116 valence electrons. The molecule has 5 nitrogen and oxygen atoms in total. The van der Waals surface area contributed by atoms with Gasteiger partial charge in [0.1, 0.15) is 15.6 Å². The van der Waals surface area contributed by atoms with Crippen molar-refractivity contribution in [1.29, 1.82) is 0 Å². The minimum absolute atomic E-state index is 0.381. The van der Waals surface area contributed by atoms with Gasteiger partial charge >= 0.3 is 0 Å². The van der Waals surface area contributed by atoms with E-state index in [1.807, 2.05) is 6.07 Å². The highest BCUT2D eigenvalue weighted by Crippen LogP contribution is 2.33. The van der Waals surface area contributed by atoms with Gasteiger partial charge in [-0.05, 0) is 30.3 Å². The molecule has 4 rings (SSSR count). The maximum absolute atomic E-state index is 14.3. The maximum atomic E-state index is 14.3. The van der Waals surface area contributed by atoms with Gasteiger partial charge in [-0.25, -0.2) is 19.9 Å². The molecule has 0 amide bonds. The van der Waals surface area contributed by atoms with Gasteiger partial charge in [-0.2, -0.15) is 4.39 Å². The summed E-state index contributed by atoms with van der Waals surface area (Å²) in [5, 5.41) is 0.568. The van der Waals surface area contributed by atoms with Crippen LogP contribution in [0.4, 0.5) is 4.39 Å². The molecule has 0 N–H and O–H groups in total. The van der Waals surface area contributed by atoms with Gasteiger partial charge in [0.05, 0.1) is 5.69 Å². The zero-order valence-electron chi connectivity index (χ0n) is 12.3. The van der Waals surface area contributed by atoms with Crippen molar-refractivity contribution in [2.24, 2.45) is 0 Å². The molecule has 4 heterocycles. The van der Waals surface area contributed by atoms with Crippen molar-refractivity contribution >= 4 is 11.3 Å². The van der Waals surface area contributed by atoms with Crippen LogP contribution in [0.1, 0.15) is 0 Å². The van der Waals surface area contributed by atoms with E-state index in [1.54, 1.807) is 55.1 Å². The Morgan fingerprint density at radius 2 is 1.67 bits per heavy atom. The average Bonchev–Trinajstić information content (AvgIpc) is 3.05. The molecule has 0 saturated heterocycles. The fraction of sp³-hybridized carbons (Fsp3) is 0. The molecular formula is C17H10FN5S. The van der Waals surface area contributed by atoms with Crippen LogP contribution in [0, 0.1) is 5.95 Å².